The Balaban J connectivity index is 1.45. The second-order valence-electron chi connectivity index (χ2n) is 10.7. The van der Waals surface area contributed by atoms with Crippen molar-refractivity contribution in [2.24, 2.45) is 5.92 Å². The van der Waals surface area contributed by atoms with E-state index in [1.807, 2.05) is 0 Å². The zero-order valence-corrected chi connectivity index (χ0v) is 23.2. The van der Waals surface area contributed by atoms with Gasteiger partial charge >= 0.3 is 0 Å². The predicted molar refractivity (Wildman–Crippen MR) is 149 cm³/mol. The highest BCUT2D eigenvalue weighted by Crippen LogP contribution is 2.44. The highest BCUT2D eigenvalue weighted by molar-refractivity contribution is 5.77. The van der Waals surface area contributed by atoms with Gasteiger partial charge < -0.3 is 30.3 Å². The van der Waals surface area contributed by atoms with Gasteiger partial charge in [-0.1, -0.05) is 6.92 Å². The molecule has 3 N–H and O–H groups in total. The molecule has 3 heterocycles. The molecule has 0 bridgehead atoms. The molecule has 2 fully saturated rings. The summed E-state index contributed by atoms with van der Waals surface area (Å²) in [6.45, 7) is 5.71. The quantitative estimate of drug-likeness (QED) is 0.250. The van der Waals surface area contributed by atoms with Crippen LogP contribution >= 0.6 is 0 Å². The lowest BCUT2D eigenvalue weighted by Crippen LogP contribution is -2.34. The van der Waals surface area contributed by atoms with Gasteiger partial charge in [0.2, 0.25) is 11.9 Å². The first kappa shape index (κ1) is 28.4. The molecule has 3 aromatic rings. The van der Waals surface area contributed by atoms with Gasteiger partial charge in [-0.05, 0) is 38.8 Å². The maximum Gasteiger partial charge on any atom is 0.294 e. The number of aromatic nitrogens is 3. The fraction of sp³-hybridized carbons (Fsp3) is 0.444. The lowest BCUT2D eigenvalue weighted by atomic mass is 9.91. The fourth-order valence-corrected chi connectivity index (χ4v) is 5.62. The van der Waals surface area contributed by atoms with E-state index in [0.717, 1.165) is 38.2 Å². The van der Waals surface area contributed by atoms with Crippen LogP contribution in [0.2, 0.25) is 0 Å². The summed E-state index contributed by atoms with van der Waals surface area (Å²) in [5, 5.41) is 28.7. The zero-order valence-electron chi connectivity index (χ0n) is 23.2. The number of benzene rings is 2. The van der Waals surface area contributed by atoms with E-state index in [9.17, 15) is 24.0 Å². The van der Waals surface area contributed by atoms with Crippen LogP contribution in [-0.2, 0) is 5.60 Å². The van der Waals surface area contributed by atoms with E-state index in [2.05, 4.69) is 42.4 Å². The fourth-order valence-electron chi connectivity index (χ4n) is 5.62. The Hall–Kier alpha value is -4.17. The third-order valence-electron chi connectivity index (χ3n) is 7.93. The molecule has 1 aromatic heterocycles. The predicted octanol–water partition coefficient (Wildman–Crippen LogP) is 4.31. The summed E-state index contributed by atoms with van der Waals surface area (Å²) >= 11 is 0. The molecule has 0 amide bonds. The molecule has 2 saturated heterocycles. The number of hydrogen-bond acceptors (Lipinski definition) is 11. The van der Waals surface area contributed by atoms with E-state index >= 15 is 0 Å². The second kappa shape index (κ2) is 11.0. The van der Waals surface area contributed by atoms with Crippen molar-refractivity contribution in [2.45, 2.75) is 38.3 Å². The summed E-state index contributed by atoms with van der Waals surface area (Å²) < 4.78 is 33.7. The third-order valence-corrected chi connectivity index (χ3v) is 7.93. The van der Waals surface area contributed by atoms with Gasteiger partial charge in [0.1, 0.15) is 17.8 Å². The summed E-state index contributed by atoms with van der Waals surface area (Å²) in [5.41, 5.74) is -0.577. The molecule has 218 valence electrons. The van der Waals surface area contributed by atoms with Gasteiger partial charge in [-0.25, -0.2) is 18.7 Å². The topological polar surface area (TPSA) is 142 Å². The maximum absolute atomic E-state index is 14.1. The van der Waals surface area contributed by atoms with Crippen LogP contribution in [0.3, 0.4) is 0 Å². The number of aliphatic hydroxyl groups is 1. The van der Waals surface area contributed by atoms with Crippen LogP contribution < -0.4 is 20.3 Å². The van der Waals surface area contributed by atoms with Crippen LogP contribution in [0.25, 0.3) is 0 Å². The summed E-state index contributed by atoms with van der Waals surface area (Å²) in [5.74, 6) is -1.40. The molecule has 0 spiro atoms. The molecule has 2 aromatic carbocycles. The van der Waals surface area contributed by atoms with E-state index in [1.165, 1.54) is 26.4 Å². The maximum atomic E-state index is 14.1. The average Bonchev–Trinajstić information content (AvgIpc) is 3.49. The van der Waals surface area contributed by atoms with Crippen LogP contribution in [0, 0.1) is 27.7 Å². The molecular formula is C27H32F2N8O4. The molecule has 0 radical (unpaired) electrons. The van der Waals surface area contributed by atoms with Crippen LogP contribution in [-0.4, -0.2) is 69.7 Å². The molecule has 2 aliphatic rings. The van der Waals surface area contributed by atoms with E-state index < -0.39 is 22.2 Å². The van der Waals surface area contributed by atoms with Gasteiger partial charge in [0.25, 0.3) is 5.69 Å². The van der Waals surface area contributed by atoms with Crippen molar-refractivity contribution >= 4 is 34.6 Å². The van der Waals surface area contributed by atoms with Gasteiger partial charge in [0.15, 0.2) is 11.6 Å². The number of fused-ring (bicyclic) bond motifs is 1. The lowest BCUT2D eigenvalue weighted by Gasteiger charge is -2.27. The van der Waals surface area contributed by atoms with Crippen LogP contribution in [0.4, 0.5) is 43.4 Å². The highest BCUT2D eigenvalue weighted by atomic mass is 19.2. The number of ether oxygens (including phenoxy) is 1. The smallest absolute Gasteiger partial charge is 0.294 e. The van der Waals surface area contributed by atoms with Crippen LogP contribution in [0.5, 0.6) is 5.75 Å². The molecule has 2 unspecified atom stereocenters. The standard InChI is InChI=1S/C27H32F2N8O4/c1-5-27(2,38)16-8-17(28)18(29)9-19(16)32-25-30-14-31-26(34-25)33-20-10-22(37(39)40)21(11-24(20)41-4)36-7-6-15-12-35(3)13-23(15)36/h8-11,14-15,23,38H,5-7,12-13H2,1-4H3,(H2,30,31,32,33,34)/t15?,23-,27?/m0/s1. The van der Waals surface area contributed by atoms with Crippen molar-refractivity contribution in [1.82, 2.24) is 19.9 Å². The van der Waals surface area contributed by atoms with Crippen molar-refractivity contribution in [3.8, 4) is 5.75 Å². The number of nitrogens with one attached hydrogen (secondary N) is 2. The Labute approximate surface area is 235 Å². The number of likely N-dealkylation sites (N-methyl/N-ethyl adjacent to an activating group) is 1. The molecule has 12 nitrogen and oxygen atoms in total. The number of methoxy groups -OCH3 is 1. The van der Waals surface area contributed by atoms with Gasteiger partial charge in [-0.3, -0.25) is 10.1 Å². The van der Waals surface area contributed by atoms with Gasteiger partial charge in [0.05, 0.1) is 29.0 Å². The minimum absolute atomic E-state index is 0.0212. The van der Waals surface area contributed by atoms with Crippen molar-refractivity contribution in [3.05, 3.63) is 57.9 Å². The molecule has 5 rings (SSSR count). The molecule has 3 atom stereocenters. The monoisotopic (exact) mass is 570 g/mol. The van der Waals surface area contributed by atoms with E-state index in [1.54, 1.807) is 13.0 Å². The number of rotatable bonds is 9. The van der Waals surface area contributed by atoms with E-state index in [0.29, 0.717) is 17.4 Å². The molecule has 0 saturated carbocycles. The normalized spacial score (nSPS) is 20.0. The Morgan fingerprint density at radius 1 is 1.15 bits per heavy atom. The molecule has 2 aliphatic heterocycles. The number of anilines is 5. The number of likely N-dealkylation sites (tertiary alicyclic amines) is 1. The summed E-state index contributed by atoms with van der Waals surface area (Å²) in [6, 6.07) is 5.08. The summed E-state index contributed by atoms with van der Waals surface area (Å²) in [7, 11) is 3.52. The third kappa shape index (κ3) is 5.57. The lowest BCUT2D eigenvalue weighted by molar-refractivity contribution is -0.384. The number of hydrogen-bond donors (Lipinski definition) is 3. The minimum Gasteiger partial charge on any atom is -0.494 e. The van der Waals surface area contributed by atoms with Gasteiger partial charge in [-0.2, -0.15) is 4.98 Å². The van der Waals surface area contributed by atoms with Crippen molar-refractivity contribution in [3.63, 3.8) is 0 Å². The number of nitro benzene ring substituents is 1. The minimum atomic E-state index is -1.46. The Kier molecular flexibility index (Phi) is 7.62. The Morgan fingerprint density at radius 2 is 1.83 bits per heavy atom. The van der Waals surface area contributed by atoms with Crippen LogP contribution in [0.15, 0.2) is 30.6 Å². The zero-order chi connectivity index (χ0) is 29.5. The number of nitro groups is 1. The summed E-state index contributed by atoms with van der Waals surface area (Å²) in [4.78, 5) is 28.5. The SMILES string of the molecule is CCC(C)(O)c1cc(F)c(F)cc1Nc1ncnc(Nc2cc([N+](=O)[O-])c(N3CCC4CN(C)C[C@@H]43)cc2OC)n1. The Bertz CT molecular complexity index is 1470. The number of nitrogens with zero attached hydrogens (tertiary/aromatic N) is 6. The summed E-state index contributed by atoms with van der Waals surface area (Å²) in [6.07, 6.45) is 2.38. The molecule has 0 aliphatic carbocycles. The first-order chi connectivity index (χ1) is 19.5. The largest absolute Gasteiger partial charge is 0.494 e. The van der Waals surface area contributed by atoms with E-state index in [4.69, 9.17) is 4.74 Å². The first-order valence-electron chi connectivity index (χ1n) is 13.3. The molecular weight excluding hydrogens is 538 g/mol. The van der Waals surface area contributed by atoms with E-state index in [-0.39, 0.29) is 47.0 Å². The highest BCUT2D eigenvalue weighted by Gasteiger charge is 2.42. The van der Waals surface area contributed by atoms with Gasteiger partial charge in [-0.15, -0.1) is 0 Å². The Morgan fingerprint density at radius 3 is 2.49 bits per heavy atom. The van der Waals surface area contributed by atoms with Crippen molar-refractivity contribution in [1.29, 1.82) is 0 Å². The van der Waals surface area contributed by atoms with Crippen LogP contribution in [0.1, 0.15) is 32.3 Å². The average molecular weight is 571 g/mol. The molecule has 41 heavy (non-hydrogen) atoms. The van der Waals surface area contributed by atoms with Gasteiger partial charge in [0, 0.05) is 49.4 Å². The number of halogens is 2. The first-order valence-corrected chi connectivity index (χ1v) is 13.3. The van der Waals surface area contributed by atoms with Crippen molar-refractivity contribution < 1.29 is 23.5 Å². The molecule has 14 heteroatoms. The van der Waals surface area contributed by atoms with Crippen molar-refractivity contribution in [2.75, 3.05) is 49.3 Å². The second-order valence-corrected chi connectivity index (χ2v) is 10.7.